The molecule has 0 fully saturated rings. The third kappa shape index (κ3) is 2.00. The number of imidazole rings is 2. The van der Waals surface area contributed by atoms with Crippen molar-refractivity contribution >= 4 is 11.0 Å². The zero-order chi connectivity index (χ0) is 14.3. The first kappa shape index (κ1) is 12.9. The van der Waals surface area contributed by atoms with Crippen molar-refractivity contribution in [1.29, 1.82) is 0 Å². The quantitative estimate of drug-likeness (QED) is 0.764. The van der Waals surface area contributed by atoms with Gasteiger partial charge in [-0.1, -0.05) is 6.07 Å². The van der Waals surface area contributed by atoms with E-state index in [0.717, 1.165) is 46.1 Å². The Bertz CT molecular complexity index is 766. The molecule has 0 spiro atoms. The van der Waals surface area contributed by atoms with Crippen LogP contribution in [0.2, 0.25) is 0 Å². The maximum absolute atomic E-state index is 5.67. The summed E-state index contributed by atoms with van der Waals surface area (Å²) in [5, 5.41) is 0. The fourth-order valence-corrected chi connectivity index (χ4v) is 2.57. The molecule has 0 saturated heterocycles. The van der Waals surface area contributed by atoms with Gasteiger partial charge in [-0.25, -0.2) is 9.97 Å². The highest BCUT2D eigenvalue weighted by Gasteiger charge is 2.12. The molecular formula is C15H19N5. The molecule has 3 aromatic rings. The van der Waals surface area contributed by atoms with Gasteiger partial charge in [0.25, 0.3) is 0 Å². The monoisotopic (exact) mass is 269 g/mol. The van der Waals surface area contributed by atoms with E-state index in [0.29, 0.717) is 6.54 Å². The molecule has 3 N–H and O–H groups in total. The van der Waals surface area contributed by atoms with E-state index >= 15 is 0 Å². The Kier molecular flexibility index (Phi) is 3.06. The Morgan fingerprint density at radius 1 is 1.25 bits per heavy atom. The Morgan fingerprint density at radius 2 is 2.05 bits per heavy atom. The second-order valence-corrected chi connectivity index (χ2v) is 5.11. The lowest BCUT2D eigenvalue weighted by atomic mass is 10.1. The van der Waals surface area contributed by atoms with Crippen molar-refractivity contribution in [1.82, 2.24) is 19.5 Å². The minimum atomic E-state index is 0.611. The summed E-state index contributed by atoms with van der Waals surface area (Å²) in [6.45, 7) is 4.59. The topological polar surface area (TPSA) is 72.5 Å². The zero-order valence-corrected chi connectivity index (χ0v) is 12.1. The van der Waals surface area contributed by atoms with Crippen molar-refractivity contribution in [3.63, 3.8) is 0 Å². The Morgan fingerprint density at radius 3 is 2.80 bits per heavy atom. The predicted molar refractivity (Wildman–Crippen MR) is 80.5 cm³/mol. The first-order valence-corrected chi connectivity index (χ1v) is 6.79. The number of hydrogen-bond donors (Lipinski definition) is 2. The zero-order valence-electron chi connectivity index (χ0n) is 12.1. The molecule has 3 rings (SSSR count). The van der Waals surface area contributed by atoms with Gasteiger partial charge >= 0.3 is 0 Å². The predicted octanol–water partition coefficient (Wildman–Crippen LogP) is 2.08. The average Bonchev–Trinajstić information content (AvgIpc) is 2.91. The van der Waals surface area contributed by atoms with Crippen LogP contribution < -0.4 is 5.73 Å². The van der Waals surface area contributed by atoms with Crippen LogP contribution in [-0.2, 0) is 13.5 Å². The lowest BCUT2D eigenvalue weighted by Gasteiger charge is -2.02. The van der Waals surface area contributed by atoms with Crippen LogP contribution in [0.25, 0.3) is 22.3 Å². The molecule has 0 atom stereocenters. The van der Waals surface area contributed by atoms with Crippen LogP contribution in [0.15, 0.2) is 18.2 Å². The summed E-state index contributed by atoms with van der Waals surface area (Å²) in [5.41, 5.74) is 11.0. The fraction of sp³-hybridized carbons (Fsp3) is 0.333. The minimum absolute atomic E-state index is 0.611. The molecule has 0 aliphatic carbocycles. The molecule has 2 heterocycles. The van der Waals surface area contributed by atoms with Crippen LogP contribution >= 0.6 is 0 Å². The molecule has 0 amide bonds. The van der Waals surface area contributed by atoms with E-state index in [1.807, 2.05) is 20.9 Å². The molecule has 104 valence electrons. The molecular weight excluding hydrogens is 250 g/mol. The fourth-order valence-electron chi connectivity index (χ4n) is 2.57. The SMILES string of the molecule is Cc1nc(-c2ccc3c(c2)nc(C)n3C)c(CCN)[nH]1. The average molecular weight is 269 g/mol. The number of aromatic amines is 1. The van der Waals surface area contributed by atoms with Crippen LogP contribution in [0, 0.1) is 13.8 Å². The molecule has 5 nitrogen and oxygen atoms in total. The van der Waals surface area contributed by atoms with E-state index in [4.69, 9.17) is 5.73 Å². The van der Waals surface area contributed by atoms with Gasteiger partial charge in [0.1, 0.15) is 11.6 Å². The second kappa shape index (κ2) is 4.76. The molecule has 0 aliphatic rings. The number of nitrogens with zero attached hydrogens (tertiary/aromatic N) is 3. The van der Waals surface area contributed by atoms with Gasteiger partial charge in [0.15, 0.2) is 0 Å². The van der Waals surface area contributed by atoms with Gasteiger partial charge in [-0.15, -0.1) is 0 Å². The maximum atomic E-state index is 5.67. The molecule has 0 radical (unpaired) electrons. The standard InChI is InChI=1S/C15H19N5/c1-9-17-12(6-7-16)15(18-9)11-4-5-14-13(8-11)19-10(2)20(14)3/h4-5,8H,6-7,16H2,1-3H3,(H,17,18). The van der Waals surface area contributed by atoms with Crippen molar-refractivity contribution in [3.8, 4) is 11.3 Å². The van der Waals surface area contributed by atoms with Gasteiger partial charge in [-0.2, -0.15) is 0 Å². The van der Waals surface area contributed by atoms with Crippen LogP contribution in [0.3, 0.4) is 0 Å². The van der Waals surface area contributed by atoms with Gasteiger partial charge in [0.2, 0.25) is 0 Å². The smallest absolute Gasteiger partial charge is 0.106 e. The third-order valence-corrected chi connectivity index (χ3v) is 3.67. The first-order chi connectivity index (χ1) is 9.60. The van der Waals surface area contributed by atoms with Crippen molar-refractivity contribution < 1.29 is 0 Å². The Hall–Kier alpha value is -2.14. The number of fused-ring (bicyclic) bond motifs is 1. The molecule has 0 unspecified atom stereocenters. The Balaban J connectivity index is 2.14. The minimum Gasteiger partial charge on any atom is -0.346 e. The first-order valence-electron chi connectivity index (χ1n) is 6.79. The number of aryl methyl sites for hydroxylation is 3. The van der Waals surface area contributed by atoms with Crippen molar-refractivity contribution in [3.05, 3.63) is 35.5 Å². The molecule has 0 saturated carbocycles. The maximum Gasteiger partial charge on any atom is 0.106 e. The van der Waals surface area contributed by atoms with Crippen molar-refractivity contribution in [2.75, 3.05) is 6.54 Å². The number of aromatic nitrogens is 4. The lowest BCUT2D eigenvalue weighted by Crippen LogP contribution is -2.04. The summed E-state index contributed by atoms with van der Waals surface area (Å²) in [6.07, 6.45) is 0.801. The number of hydrogen-bond acceptors (Lipinski definition) is 3. The molecule has 0 bridgehead atoms. The van der Waals surface area contributed by atoms with Gasteiger partial charge in [-0.3, -0.25) is 0 Å². The summed E-state index contributed by atoms with van der Waals surface area (Å²) in [4.78, 5) is 12.5. The van der Waals surface area contributed by atoms with Crippen molar-refractivity contribution in [2.24, 2.45) is 12.8 Å². The number of rotatable bonds is 3. The lowest BCUT2D eigenvalue weighted by molar-refractivity contribution is 0.886. The Labute approximate surface area is 117 Å². The molecule has 5 heteroatoms. The number of benzene rings is 1. The van der Waals surface area contributed by atoms with E-state index in [1.54, 1.807) is 0 Å². The van der Waals surface area contributed by atoms with E-state index in [2.05, 4.69) is 37.7 Å². The normalized spacial score (nSPS) is 11.4. The summed E-state index contributed by atoms with van der Waals surface area (Å²) in [6, 6.07) is 6.29. The van der Waals surface area contributed by atoms with Crippen LogP contribution in [-0.4, -0.2) is 26.1 Å². The van der Waals surface area contributed by atoms with E-state index in [-0.39, 0.29) is 0 Å². The highest BCUT2D eigenvalue weighted by Crippen LogP contribution is 2.26. The summed E-state index contributed by atoms with van der Waals surface area (Å²) < 4.78 is 2.09. The second-order valence-electron chi connectivity index (χ2n) is 5.11. The van der Waals surface area contributed by atoms with E-state index in [1.165, 1.54) is 0 Å². The van der Waals surface area contributed by atoms with Crippen LogP contribution in [0.1, 0.15) is 17.3 Å². The summed E-state index contributed by atoms with van der Waals surface area (Å²) in [5.74, 6) is 1.93. The van der Waals surface area contributed by atoms with Gasteiger partial charge in [-0.05, 0) is 32.5 Å². The number of nitrogens with one attached hydrogen (secondary N) is 1. The third-order valence-electron chi connectivity index (χ3n) is 3.67. The van der Waals surface area contributed by atoms with Crippen LogP contribution in [0.5, 0.6) is 0 Å². The highest BCUT2D eigenvalue weighted by molar-refractivity contribution is 5.82. The number of nitrogens with two attached hydrogens (primary N) is 1. The van der Waals surface area contributed by atoms with E-state index < -0.39 is 0 Å². The van der Waals surface area contributed by atoms with Gasteiger partial charge in [0, 0.05) is 24.7 Å². The molecule has 2 aromatic heterocycles. The molecule has 20 heavy (non-hydrogen) atoms. The number of H-pyrrole nitrogens is 1. The summed E-state index contributed by atoms with van der Waals surface area (Å²) >= 11 is 0. The van der Waals surface area contributed by atoms with Crippen molar-refractivity contribution in [2.45, 2.75) is 20.3 Å². The van der Waals surface area contributed by atoms with E-state index in [9.17, 15) is 0 Å². The van der Waals surface area contributed by atoms with Gasteiger partial charge in [0.05, 0.1) is 16.7 Å². The summed E-state index contributed by atoms with van der Waals surface area (Å²) in [7, 11) is 2.03. The van der Waals surface area contributed by atoms with Gasteiger partial charge < -0.3 is 15.3 Å². The molecule has 1 aromatic carbocycles. The largest absolute Gasteiger partial charge is 0.346 e. The molecule has 0 aliphatic heterocycles. The van der Waals surface area contributed by atoms with Crippen LogP contribution in [0.4, 0.5) is 0 Å². The highest BCUT2D eigenvalue weighted by atomic mass is 15.0.